The molecule has 2 bridgehead atoms. The van der Waals surface area contributed by atoms with E-state index >= 15 is 0 Å². The molecule has 8 heteroatoms. The second-order valence-corrected chi connectivity index (χ2v) is 11.7. The first-order chi connectivity index (χ1) is 15.2. The zero-order valence-corrected chi connectivity index (χ0v) is 21.1. The highest BCUT2D eigenvalue weighted by Gasteiger charge is 2.69. The lowest BCUT2D eigenvalue weighted by Gasteiger charge is -2.40. The fourth-order valence-corrected chi connectivity index (χ4v) is 6.66. The third kappa shape index (κ3) is 4.03. The van der Waals surface area contributed by atoms with Gasteiger partial charge in [-0.3, -0.25) is 19.2 Å². The van der Waals surface area contributed by atoms with Gasteiger partial charge in [-0.1, -0.05) is 6.92 Å². The van der Waals surface area contributed by atoms with Crippen molar-refractivity contribution in [2.75, 3.05) is 14.2 Å². The van der Waals surface area contributed by atoms with E-state index in [2.05, 4.69) is 0 Å². The summed E-state index contributed by atoms with van der Waals surface area (Å²) >= 11 is 0. The van der Waals surface area contributed by atoms with Crippen molar-refractivity contribution in [2.45, 2.75) is 85.9 Å². The van der Waals surface area contributed by atoms with Crippen LogP contribution in [0.4, 0.5) is 0 Å². The van der Waals surface area contributed by atoms with Crippen LogP contribution in [0.5, 0.6) is 0 Å². The van der Waals surface area contributed by atoms with E-state index in [0.717, 1.165) is 6.42 Å². The Kier molecular flexibility index (Phi) is 6.39. The van der Waals surface area contributed by atoms with Crippen LogP contribution in [0.25, 0.3) is 0 Å². The van der Waals surface area contributed by atoms with Crippen LogP contribution < -0.4 is 0 Å². The van der Waals surface area contributed by atoms with Crippen molar-refractivity contribution >= 4 is 23.9 Å². The van der Waals surface area contributed by atoms with Gasteiger partial charge < -0.3 is 18.9 Å². The number of hydrogen-bond acceptors (Lipinski definition) is 8. The van der Waals surface area contributed by atoms with E-state index in [0.29, 0.717) is 12.8 Å². The summed E-state index contributed by atoms with van der Waals surface area (Å²) in [4.78, 5) is 51.0. The predicted octanol–water partition coefficient (Wildman–Crippen LogP) is 3.44. The maximum Gasteiger partial charge on any atom is 0.312 e. The lowest BCUT2D eigenvalue weighted by Crippen LogP contribution is -2.46. The minimum Gasteiger partial charge on any atom is -0.469 e. The largest absolute Gasteiger partial charge is 0.469 e. The minimum atomic E-state index is -1.12. The first-order valence-corrected chi connectivity index (χ1v) is 11.8. The third-order valence-corrected chi connectivity index (χ3v) is 8.50. The number of esters is 4. The molecule has 3 fully saturated rings. The first-order valence-electron chi connectivity index (χ1n) is 11.8. The molecule has 7 unspecified atom stereocenters. The lowest BCUT2D eigenvalue weighted by atomic mass is 9.65. The van der Waals surface area contributed by atoms with Gasteiger partial charge in [0.15, 0.2) is 0 Å². The van der Waals surface area contributed by atoms with Crippen LogP contribution >= 0.6 is 0 Å². The van der Waals surface area contributed by atoms with E-state index < -0.39 is 51.8 Å². The summed E-state index contributed by atoms with van der Waals surface area (Å²) in [6, 6.07) is 0. The van der Waals surface area contributed by atoms with Crippen LogP contribution in [0, 0.1) is 33.5 Å². The first kappa shape index (κ1) is 25.5. The summed E-state index contributed by atoms with van der Waals surface area (Å²) in [5, 5.41) is 0. The quantitative estimate of drug-likeness (QED) is 0.376. The Morgan fingerprint density at radius 2 is 1.61 bits per heavy atom. The molecule has 0 aromatic heterocycles. The molecular weight excluding hydrogens is 428 g/mol. The van der Waals surface area contributed by atoms with Crippen molar-refractivity contribution < 1.29 is 38.1 Å². The smallest absolute Gasteiger partial charge is 0.312 e. The van der Waals surface area contributed by atoms with Gasteiger partial charge in [0.25, 0.3) is 0 Å². The van der Waals surface area contributed by atoms with Gasteiger partial charge in [-0.2, -0.15) is 0 Å². The summed E-state index contributed by atoms with van der Waals surface area (Å²) in [6.45, 7) is 10.7. The van der Waals surface area contributed by atoms with Crippen LogP contribution in [0.1, 0.15) is 73.6 Å². The van der Waals surface area contributed by atoms with E-state index in [1.54, 1.807) is 27.7 Å². The molecule has 2 saturated carbocycles. The molecule has 8 nitrogen and oxygen atoms in total. The average Bonchev–Trinajstić information content (AvgIpc) is 3.32. The number of carbonyl (C=O) groups excluding carboxylic acids is 4. The third-order valence-electron chi connectivity index (χ3n) is 8.50. The molecule has 3 rings (SSSR count). The molecule has 0 aromatic carbocycles. The highest BCUT2D eigenvalue weighted by Crippen LogP contribution is 2.62. The Morgan fingerprint density at radius 3 is 2.15 bits per heavy atom. The molecule has 0 spiro atoms. The average molecular weight is 467 g/mol. The Balaban J connectivity index is 1.80. The highest BCUT2D eigenvalue weighted by molar-refractivity contribution is 5.83. The normalized spacial score (nSPS) is 33.6. The van der Waals surface area contributed by atoms with E-state index in [9.17, 15) is 19.2 Å². The van der Waals surface area contributed by atoms with Crippen molar-refractivity contribution in [1.29, 1.82) is 0 Å². The molecule has 186 valence electrons. The van der Waals surface area contributed by atoms with Crippen molar-refractivity contribution in [1.82, 2.24) is 0 Å². The fourth-order valence-electron chi connectivity index (χ4n) is 6.66. The minimum absolute atomic E-state index is 0.0851. The number of methoxy groups -OCH3 is 2. The van der Waals surface area contributed by atoms with Gasteiger partial charge in [-0.25, -0.2) is 0 Å². The Labute approximate surface area is 196 Å². The highest BCUT2D eigenvalue weighted by atomic mass is 16.6. The molecule has 0 amide bonds. The maximum atomic E-state index is 13.5. The molecule has 0 N–H and O–H groups in total. The molecule has 1 saturated heterocycles. The zero-order valence-electron chi connectivity index (χ0n) is 21.1. The van der Waals surface area contributed by atoms with Crippen LogP contribution in [-0.4, -0.2) is 50.3 Å². The second kappa shape index (κ2) is 8.27. The topological polar surface area (TPSA) is 105 Å². The molecule has 0 aromatic rings. The van der Waals surface area contributed by atoms with E-state index in [-0.39, 0.29) is 30.6 Å². The second-order valence-electron chi connectivity index (χ2n) is 11.7. The molecule has 2 aliphatic carbocycles. The fraction of sp³-hybridized carbons (Fsp3) is 0.840. The van der Waals surface area contributed by atoms with Gasteiger partial charge in [0, 0.05) is 11.8 Å². The number of ether oxygens (including phenoxy) is 4. The summed E-state index contributed by atoms with van der Waals surface area (Å²) in [7, 11) is 2.61. The van der Waals surface area contributed by atoms with Crippen LogP contribution in [0.2, 0.25) is 0 Å². The number of rotatable bonds is 9. The van der Waals surface area contributed by atoms with Gasteiger partial charge in [0.05, 0.1) is 35.9 Å². The zero-order chi connectivity index (χ0) is 25.0. The van der Waals surface area contributed by atoms with Gasteiger partial charge in [-0.05, 0) is 66.7 Å². The van der Waals surface area contributed by atoms with Crippen LogP contribution in [0.3, 0.4) is 0 Å². The van der Waals surface area contributed by atoms with Crippen molar-refractivity contribution in [3.8, 4) is 0 Å². The van der Waals surface area contributed by atoms with Crippen molar-refractivity contribution in [2.24, 2.45) is 33.5 Å². The van der Waals surface area contributed by atoms with Crippen LogP contribution in [-0.2, 0) is 38.1 Å². The number of carbonyl (C=O) groups is 4. The van der Waals surface area contributed by atoms with Gasteiger partial charge >= 0.3 is 23.9 Å². The van der Waals surface area contributed by atoms with E-state index in [1.807, 2.05) is 13.8 Å². The molecule has 1 aliphatic heterocycles. The summed E-state index contributed by atoms with van der Waals surface area (Å²) in [5.74, 6) is -1.36. The summed E-state index contributed by atoms with van der Waals surface area (Å²) in [5.41, 5.74) is -3.54. The molecule has 3 aliphatic rings. The number of hydrogen-bond donors (Lipinski definition) is 0. The predicted molar refractivity (Wildman–Crippen MR) is 118 cm³/mol. The molecule has 33 heavy (non-hydrogen) atoms. The Morgan fingerprint density at radius 1 is 1.00 bits per heavy atom. The Bertz CT molecular complexity index is 849. The maximum absolute atomic E-state index is 13.5. The number of fused-ring (bicyclic) bond motifs is 1. The molecule has 0 radical (unpaired) electrons. The molecule has 7 atom stereocenters. The van der Waals surface area contributed by atoms with Gasteiger partial charge in [0.1, 0.15) is 12.2 Å². The van der Waals surface area contributed by atoms with Crippen molar-refractivity contribution in [3.05, 3.63) is 0 Å². The SMILES string of the molecule is CCC(C)(CC(C)(CC(C)(C)C(=O)OC)C(=O)OC)C(=O)OC1C2CC3C1OC(=O)C3(C)C2. The lowest BCUT2D eigenvalue weighted by molar-refractivity contribution is -0.176. The van der Waals surface area contributed by atoms with Crippen molar-refractivity contribution in [3.63, 3.8) is 0 Å². The van der Waals surface area contributed by atoms with E-state index in [1.165, 1.54) is 14.2 Å². The Hall–Kier alpha value is -2.12. The van der Waals surface area contributed by atoms with Gasteiger partial charge in [0.2, 0.25) is 0 Å². The van der Waals surface area contributed by atoms with Crippen LogP contribution in [0.15, 0.2) is 0 Å². The summed E-state index contributed by atoms with van der Waals surface area (Å²) in [6.07, 6.45) is 1.36. The standard InChI is InChI=1S/C25H38O8/c1-9-23(4,13-24(5,19(27)31-8)12-22(2,3)18(26)30-7)20(28)32-16-14-10-15-17(16)33-21(29)25(15,6)11-14/h14-17H,9-13H2,1-8H3. The summed E-state index contributed by atoms with van der Waals surface area (Å²) < 4.78 is 21.6. The molecule has 1 heterocycles. The monoisotopic (exact) mass is 466 g/mol. The van der Waals surface area contributed by atoms with Gasteiger partial charge in [-0.15, -0.1) is 0 Å². The molecular formula is C25H38O8. The van der Waals surface area contributed by atoms with E-state index in [4.69, 9.17) is 18.9 Å².